The number of hydrogen-bond donors (Lipinski definition) is 0. The molecule has 0 aliphatic rings. The molecule has 0 fully saturated rings. The number of rotatable bonds is 18. The van der Waals surface area contributed by atoms with E-state index >= 15 is 0 Å². The van der Waals surface area contributed by atoms with Gasteiger partial charge in [0.1, 0.15) is 11.4 Å². The number of para-hydroxylation sites is 1. The number of benzene rings is 3. The van der Waals surface area contributed by atoms with Crippen LogP contribution in [0.5, 0.6) is 0 Å². The zero-order valence-electron chi connectivity index (χ0n) is 29.6. The summed E-state index contributed by atoms with van der Waals surface area (Å²) < 4.78 is 1.90. The maximum Gasteiger partial charge on any atom is 0.331 e. The van der Waals surface area contributed by atoms with Crippen LogP contribution in [-0.4, -0.2) is 46.0 Å². The zero-order chi connectivity index (χ0) is 36.0. The molecule has 10 nitrogen and oxygen atoms in total. The Hall–Kier alpha value is -5.38. The van der Waals surface area contributed by atoms with Gasteiger partial charge in [0.2, 0.25) is 11.6 Å². The number of nitrogens with zero attached hydrogens (tertiary/aromatic N) is 4. The van der Waals surface area contributed by atoms with Gasteiger partial charge in [0.05, 0.1) is 5.52 Å². The Bertz CT molecular complexity index is 1860. The van der Waals surface area contributed by atoms with E-state index in [1.807, 2.05) is 54.0 Å². The molecule has 4 rings (SSSR count). The predicted octanol–water partition coefficient (Wildman–Crippen LogP) is 9.15. The minimum atomic E-state index is -0.627. The van der Waals surface area contributed by atoms with E-state index in [-0.39, 0.29) is 17.2 Å². The van der Waals surface area contributed by atoms with Crippen molar-refractivity contribution in [3.05, 3.63) is 90.1 Å². The molecule has 0 aliphatic carbocycles. The number of fused-ring (bicyclic) bond motifs is 1. The first-order valence-corrected chi connectivity index (χ1v) is 17.3. The molecule has 0 saturated heterocycles. The lowest BCUT2D eigenvalue weighted by atomic mass is 9.97. The normalized spacial score (nSPS) is 11.8. The van der Waals surface area contributed by atoms with Gasteiger partial charge in [-0.2, -0.15) is 0 Å². The molecule has 0 saturated carbocycles. The summed E-state index contributed by atoms with van der Waals surface area (Å²) in [4.78, 5) is 63.2. The molecule has 1 aromatic heterocycles. The van der Waals surface area contributed by atoms with E-state index in [9.17, 15) is 19.2 Å². The summed E-state index contributed by atoms with van der Waals surface area (Å²) in [6.45, 7) is 9.43. The average Bonchev–Trinajstić information content (AvgIpc) is 3.50. The van der Waals surface area contributed by atoms with Gasteiger partial charge in [-0.25, -0.2) is 9.59 Å². The molecule has 3 aromatic carbocycles. The number of aromatic nitrogens is 1. The van der Waals surface area contributed by atoms with E-state index in [2.05, 4.69) is 41.2 Å². The number of hydrogen-bond acceptors (Lipinski definition) is 9. The quantitative estimate of drug-likeness (QED) is 0.0338. The molecular weight excluding hydrogens is 632 g/mol. The fourth-order valence-corrected chi connectivity index (χ4v) is 5.71. The largest absolute Gasteiger partial charge is 0.342 e. The highest BCUT2D eigenvalue weighted by atomic mass is 16.7. The number of oxime groups is 2. The second-order valence-electron chi connectivity index (χ2n) is 12.1. The topological polar surface area (TPSA) is 120 Å². The third-order valence-electron chi connectivity index (χ3n) is 8.26. The first-order valence-electron chi connectivity index (χ1n) is 17.3. The van der Waals surface area contributed by atoms with Crippen molar-refractivity contribution in [3.8, 4) is 5.69 Å². The lowest BCUT2D eigenvalue weighted by Crippen LogP contribution is -2.17. The number of anilines is 2. The Morgan fingerprint density at radius 2 is 1.28 bits per heavy atom. The van der Waals surface area contributed by atoms with Gasteiger partial charge in [0.15, 0.2) is 0 Å². The SMILES string of the molecule is CCCCCC/C(=N\OC(C)=O)C(=O)c1ccc2c(c1)c(C(=O)/C(CCCC)=N/OC(C)=O)cn2-c1ccc(N(CC)c2ccccc2)cc1. The Kier molecular flexibility index (Phi) is 13.8. The van der Waals surface area contributed by atoms with Crippen LogP contribution in [0, 0.1) is 0 Å². The number of ketones is 2. The van der Waals surface area contributed by atoms with Crippen LogP contribution in [0.25, 0.3) is 16.6 Å². The molecule has 0 spiro atoms. The van der Waals surface area contributed by atoms with E-state index in [1.165, 1.54) is 13.8 Å². The summed E-state index contributed by atoms with van der Waals surface area (Å²) in [5, 5.41) is 8.38. The van der Waals surface area contributed by atoms with Crippen LogP contribution in [0.1, 0.15) is 107 Å². The molecule has 4 aromatic rings. The number of Topliss-reactive ketones (excluding diaryl/α,β-unsaturated/α-hetero) is 2. The van der Waals surface area contributed by atoms with Gasteiger partial charge in [-0.05, 0) is 87.2 Å². The highest BCUT2D eigenvalue weighted by Crippen LogP contribution is 2.31. The second-order valence-corrected chi connectivity index (χ2v) is 12.1. The monoisotopic (exact) mass is 678 g/mol. The van der Waals surface area contributed by atoms with Gasteiger partial charge in [0.25, 0.3) is 0 Å². The fraction of sp³-hybridized carbons (Fsp3) is 0.350. The third-order valence-corrected chi connectivity index (χ3v) is 8.26. The van der Waals surface area contributed by atoms with Crippen molar-refractivity contribution in [2.45, 2.75) is 86.0 Å². The van der Waals surface area contributed by atoms with Crippen LogP contribution in [0.4, 0.5) is 11.4 Å². The van der Waals surface area contributed by atoms with Crippen LogP contribution >= 0.6 is 0 Å². The highest BCUT2D eigenvalue weighted by Gasteiger charge is 2.24. The van der Waals surface area contributed by atoms with Crippen molar-refractivity contribution < 1.29 is 28.9 Å². The van der Waals surface area contributed by atoms with Gasteiger partial charge in [0, 0.05) is 60.2 Å². The van der Waals surface area contributed by atoms with E-state index in [0.29, 0.717) is 47.7 Å². The van der Waals surface area contributed by atoms with Crippen molar-refractivity contribution in [2.24, 2.45) is 10.3 Å². The number of carbonyl (C=O) groups is 4. The minimum absolute atomic E-state index is 0.114. The molecule has 0 N–H and O–H groups in total. The van der Waals surface area contributed by atoms with E-state index in [1.54, 1.807) is 24.4 Å². The molecule has 50 heavy (non-hydrogen) atoms. The summed E-state index contributed by atoms with van der Waals surface area (Å²) in [5.74, 6) is -2.04. The zero-order valence-corrected chi connectivity index (χ0v) is 29.6. The van der Waals surface area contributed by atoms with Crippen LogP contribution in [0.15, 0.2) is 89.3 Å². The summed E-state index contributed by atoms with van der Waals surface area (Å²) in [6.07, 6.45) is 7.53. The molecule has 0 bridgehead atoms. The van der Waals surface area contributed by atoms with E-state index in [4.69, 9.17) is 9.68 Å². The van der Waals surface area contributed by atoms with Crippen LogP contribution in [0.2, 0.25) is 0 Å². The maximum absolute atomic E-state index is 14.1. The molecule has 262 valence electrons. The Labute approximate surface area is 293 Å². The molecule has 0 aliphatic heterocycles. The Morgan fingerprint density at radius 3 is 1.88 bits per heavy atom. The fourth-order valence-electron chi connectivity index (χ4n) is 5.71. The molecule has 10 heteroatoms. The van der Waals surface area contributed by atoms with Gasteiger partial charge in [-0.3, -0.25) is 9.59 Å². The highest BCUT2D eigenvalue weighted by molar-refractivity contribution is 6.48. The first-order chi connectivity index (χ1) is 24.2. The molecular formula is C40H46N4O6. The van der Waals surface area contributed by atoms with Crippen molar-refractivity contribution in [1.82, 2.24) is 4.57 Å². The van der Waals surface area contributed by atoms with Gasteiger partial charge in [-0.15, -0.1) is 0 Å². The first kappa shape index (κ1) is 37.4. The average molecular weight is 679 g/mol. The summed E-state index contributed by atoms with van der Waals surface area (Å²) in [5.41, 5.74) is 4.44. The lowest BCUT2D eigenvalue weighted by molar-refractivity contribution is -0.141. The number of unbranched alkanes of at least 4 members (excludes halogenated alkanes) is 4. The lowest BCUT2D eigenvalue weighted by Gasteiger charge is -2.23. The van der Waals surface area contributed by atoms with E-state index < -0.39 is 17.7 Å². The van der Waals surface area contributed by atoms with Crippen LogP contribution in [-0.2, 0) is 19.3 Å². The van der Waals surface area contributed by atoms with Crippen LogP contribution < -0.4 is 4.90 Å². The van der Waals surface area contributed by atoms with E-state index in [0.717, 1.165) is 49.3 Å². The van der Waals surface area contributed by atoms with Crippen molar-refractivity contribution in [2.75, 3.05) is 11.4 Å². The summed E-state index contributed by atoms with van der Waals surface area (Å²) in [6, 6.07) is 23.3. The minimum Gasteiger partial charge on any atom is -0.342 e. The van der Waals surface area contributed by atoms with Gasteiger partial charge >= 0.3 is 11.9 Å². The van der Waals surface area contributed by atoms with Gasteiger partial charge in [-0.1, -0.05) is 68.0 Å². The smallest absolute Gasteiger partial charge is 0.331 e. The van der Waals surface area contributed by atoms with Crippen molar-refractivity contribution in [1.29, 1.82) is 0 Å². The molecule has 0 radical (unpaired) electrons. The molecule has 0 amide bonds. The summed E-state index contributed by atoms with van der Waals surface area (Å²) >= 11 is 0. The standard InChI is InChI=1S/C40H46N4O6/c1-6-9-11-15-19-36(41-49-28(4)45)39(47)30-20-25-38-34(26-30)35(40(48)37(18-10-7-2)42-50-29(5)46)27-44(38)33-23-21-32(22-24-33)43(8-3)31-16-13-12-14-17-31/h12-14,16-17,20-27H,6-11,15,18-19H2,1-5H3/b41-36+,42-37+. The van der Waals surface area contributed by atoms with Gasteiger partial charge < -0.3 is 19.1 Å². The summed E-state index contributed by atoms with van der Waals surface area (Å²) in [7, 11) is 0. The number of carbonyl (C=O) groups excluding carboxylic acids is 4. The maximum atomic E-state index is 14.1. The molecule has 1 heterocycles. The Morgan fingerprint density at radius 1 is 0.680 bits per heavy atom. The second kappa shape index (κ2) is 18.4. The van der Waals surface area contributed by atoms with Crippen molar-refractivity contribution in [3.63, 3.8) is 0 Å². The van der Waals surface area contributed by atoms with Crippen LogP contribution in [0.3, 0.4) is 0 Å². The molecule has 0 unspecified atom stereocenters. The van der Waals surface area contributed by atoms with Crippen molar-refractivity contribution >= 4 is 57.2 Å². The predicted molar refractivity (Wildman–Crippen MR) is 198 cm³/mol. The Balaban J connectivity index is 1.82. The third kappa shape index (κ3) is 9.62. The molecule has 0 atom stereocenters.